The van der Waals surface area contributed by atoms with Crippen LogP contribution >= 0.6 is 11.6 Å². The van der Waals surface area contributed by atoms with E-state index in [2.05, 4.69) is 15.1 Å². The van der Waals surface area contributed by atoms with E-state index in [0.717, 1.165) is 11.4 Å². The molecule has 100 valence electrons. The fourth-order valence-corrected chi connectivity index (χ4v) is 2.23. The van der Waals surface area contributed by atoms with E-state index in [-0.39, 0.29) is 5.15 Å². The van der Waals surface area contributed by atoms with Crippen molar-refractivity contribution in [1.82, 2.24) is 19.7 Å². The van der Waals surface area contributed by atoms with Crippen LogP contribution in [0.1, 0.15) is 23.4 Å². The van der Waals surface area contributed by atoms with Crippen LogP contribution < -0.4 is 0 Å². The molecule has 1 aliphatic heterocycles. The van der Waals surface area contributed by atoms with Crippen LogP contribution in [0.15, 0.2) is 12.3 Å². The Morgan fingerprint density at radius 3 is 2.63 bits per heavy atom. The molecule has 19 heavy (non-hydrogen) atoms. The molecule has 0 N–H and O–H groups in total. The Balaban J connectivity index is 1.97. The lowest BCUT2D eigenvalue weighted by Gasteiger charge is -2.10. The van der Waals surface area contributed by atoms with Gasteiger partial charge in [0.05, 0.1) is 25.1 Å². The van der Waals surface area contributed by atoms with Gasteiger partial charge in [-0.05, 0) is 19.9 Å². The number of hydrogen-bond acceptors (Lipinski definition) is 5. The minimum absolute atomic E-state index is 0.275. The van der Waals surface area contributed by atoms with Gasteiger partial charge in [-0.15, -0.1) is 0 Å². The van der Waals surface area contributed by atoms with Gasteiger partial charge in [-0.3, -0.25) is 0 Å². The standard InChI is InChI=1S/C12H13ClN4O2/c1-7-5-8(2)17(16-7)9-6-14-10(11(13)15-9)12-18-3-4-19-12/h5-6,12H,3-4H2,1-2H3. The lowest BCUT2D eigenvalue weighted by molar-refractivity contribution is -0.0474. The molecule has 7 heteroatoms. The fraction of sp³-hybridized carbons (Fsp3) is 0.417. The van der Waals surface area contributed by atoms with Crippen LogP contribution in [0.3, 0.4) is 0 Å². The molecule has 2 aromatic heterocycles. The van der Waals surface area contributed by atoms with Crippen molar-refractivity contribution in [3.8, 4) is 5.82 Å². The Hall–Kier alpha value is -1.50. The molecule has 0 aliphatic carbocycles. The first-order chi connectivity index (χ1) is 9.15. The maximum atomic E-state index is 6.14. The summed E-state index contributed by atoms with van der Waals surface area (Å²) in [4.78, 5) is 8.59. The summed E-state index contributed by atoms with van der Waals surface area (Å²) >= 11 is 6.14. The van der Waals surface area contributed by atoms with Gasteiger partial charge >= 0.3 is 0 Å². The first-order valence-corrected chi connectivity index (χ1v) is 6.32. The molecule has 0 bridgehead atoms. The Morgan fingerprint density at radius 1 is 1.32 bits per heavy atom. The average molecular weight is 281 g/mol. The van der Waals surface area contributed by atoms with Crippen molar-refractivity contribution in [1.29, 1.82) is 0 Å². The smallest absolute Gasteiger partial charge is 0.204 e. The highest BCUT2D eigenvalue weighted by Crippen LogP contribution is 2.27. The van der Waals surface area contributed by atoms with Crippen LogP contribution in [0.5, 0.6) is 0 Å². The van der Waals surface area contributed by atoms with Gasteiger partial charge in [0.2, 0.25) is 6.29 Å². The summed E-state index contributed by atoms with van der Waals surface area (Å²) in [5, 5.41) is 4.62. The van der Waals surface area contributed by atoms with Gasteiger partial charge in [0.1, 0.15) is 5.69 Å². The predicted molar refractivity (Wildman–Crippen MR) is 68.3 cm³/mol. The van der Waals surface area contributed by atoms with Crippen molar-refractivity contribution in [3.63, 3.8) is 0 Å². The summed E-state index contributed by atoms with van der Waals surface area (Å²) in [5.41, 5.74) is 2.40. The molecule has 3 rings (SSSR count). The third-order valence-electron chi connectivity index (χ3n) is 2.81. The Morgan fingerprint density at radius 2 is 2.05 bits per heavy atom. The molecule has 1 saturated heterocycles. The zero-order chi connectivity index (χ0) is 13.4. The van der Waals surface area contributed by atoms with Gasteiger partial charge in [-0.25, -0.2) is 14.6 Å². The molecule has 0 amide bonds. The number of rotatable bonds is 2. The maximum absolute atomic E-state index is 6.14. The summed E-state index contributed by atoms with van der Waals surface area (Å²) in [6.45, 7) is 4.96. The molecule has 3 heterocycles. The molecular weight excluding hydrogens is 268 g/mol. The van der Waals surface area contributed by atoms with E-state index in [9.17, 15) is 0 Å². The normalized spacial score (nSPS) is 16.2. The van der Waals surface area contributed by atoms with E-state index in [1.807, 2.05) is 19.9 Å². The molecule has 0 aromatic carbocycles. The highest BCUT2D eigenvalue weighted by atomic mass is 35.5. The van der Waals surface area contributed by atoms with Gasteiger partial charge in [-0.1, -0.05) is 11.6 Å². The second-order valence-electron chi connectivity index (χ2n) is 4.32. The maximum Gasteiger partial charge on any atom is 0.204 e. The number of nitrogens with zero attached hydrogens (tertiary/aromatic N) is 4. The highest BCUT2D eigenvalue weighted by molar-refractivity contribution is 6.30. The molecule has 0 radical (unpaired) electrons. The predicted octanol–water partition coefficient (Wildman–Crippen LogP) is 1.98. The van der Waals surface area contributed by atoms with Gasteiger partial charge in [-0.2, -0.15) is 5.10 Å². The number of aryl methyl sites for hydroxylation is 2. The van der Waals surface area contributed by atoms with Crippen LogP contribution in [0, 0.1) is 13.8 Å². The second kappa shape index (κ2) is 4.88. The Bertz CT molecular complexity index is 608. The first-order valence-electron chi connectivity index (χ1n) is 5.94. The van der Waals surface area contributed by atoms with Crippen LogP contribution in [0.4, 0.5) is 0 Å². The summed E-state index contributed by atoms with van der Waals surface area (Å²) in [6.07, 6.45) is 1.10. The molecule has 1 aliphatic rings. The van der Waals surface area contributed by atoms with E-state index in [0.29, 0.717) is 24.7 Å². The first kappa shape index (κ1) is 12.5. The fourth-order valence-electron chi connectivity index (χ4n) is 2.00. The van der Waals surface area contributed by atoms with E-state index in [1.54, 1.807) is 10.9 Å². The monoisotopic (exact) mass is 280 g/mol. The molecule has 0 spiro atoms. The third-order valence-corrected chi connectivity index (χ3v) is 3.09. The van der Waals surface area contributed by atoms with Crippen molar-refractivity contribution in [2.24, 2.45) is 0 Å². The topological polar surface area (TPSA) is 62.1 Å². The van der Waals surface area contributed by atoms with E-state index < -0.39 is 6.29 Å². The van der Waals surface area contributed by atoms with E-state index >= 15 is 0 Å². The number of aromatic nitrogens is 4. The van der Waals surface area contributed by atoms with Crippen molar-refractivity contribution >= 4 is 11.6 Å². The molecule has 2 aromatic rings. The van der Waals surface area contributed by atoms with Crippen LogP contribution in [0.25, 0.3) is 5.82 Å². The lowest BCUT2D eigenvalue weighted by atomic mass is 10.4. The Kier molecular flexibility index (Phi) is 3.22. The zero-order valence-corrected chi connectivity index (χ0v) is 11.4. The molecule has 0 unspecified atom stereocenters. The minimum atomic E-state index is -0.519. The zero-order valence-electron chi connectivity index (χ0n) is 10.6. The van der Waals surface area contributed by atoms with Crippen LogP contribution in [-0.2, 0) is 9.47 Å². The van der Waals surface area contributed by atoms with Crippen molar-refractivity contribution in [2.75, 3.05) is 13.2 Å². The molecular formula is C12H13ClN4O2. The molecule has 0 saturated carbocycles. The Labute approximate surface area is 115 Å². The van der Waals surface area contributed by atoms with Crippen molar-refractivity contribution in [2.45, 2.75) is 20.1 Å². The summed E-state index contributed by atoms with van der Waals surface area (Å²) in [7, 11) is 0. The molecule has 1 fully saturated rings. The number of halogens is 1. The summed E-state index contributed by atoms with van der Waals surface area (Å²) < 4.78 is 12.4. The second-order valence-corrected chi connectivity index (χ2v) is 4.67. The average Bonchev–Trinajstić information content (AvgIpc) is 2.99. The third kappa shape index (κ3) is 2.34. The summed E-state index contributed by atoms with van der Waals surface area (Å²) in [6, 6.07) is 1.96. The van der Waals surface area contributed by atoms with E-state index in [1.165, 1.54) is 0 Å². The van der Waals surface area contributed by atoms with Gasteiger partial charge in [0.25, 0.3) is 0 Å². The quantitative estimate of drug-likeness (QED) is 0.842. The van der Waals surface area contributed by atoms with Crippen molar-refractivity contribution in [3.05, 3.63) is 34.5 Å². The van der Waals surface area contributed by atoms with Crippen molar-refractivity contribution < 1.29 is 9.47 Å². The highest BCUT2D eigenvalue weighted by Gasteiger charge is 2.23. The van der Waals surface area contributed by atoms with Crippen LogP contribution in [-0.4, -0.2) is 33.0 Å². The summed E-state index contributed by atoms with van der Waals surface area (Å²) in [5.74, 6) is 0.581. The van der Waals surface area contributed by atoms with Crippen LogP contribution in [0.2, 0.25) is 5.15 Å². The molecule has 6 nitrogen and oxygen atoms in total. The van der Waals surface area contributed by atoms with Gasteiger partial charge in [0.15, 0.2) is 11.0 Å². The SMILES string of the molecule is Cc1cc(C)n(-c2cnc(C3OCCO3)c(Cl)n2)n1. The largest absolute Gasteiger partial charge is 0.345 e. The van der Waals surface area contributed by atoms with E-state index in [4.69, 9.17) is 21.1 Å². The molecule has 0 atom stereocenters. The number of ether oxygens (including phenoxy) is 2. The van der Waals surface area contributed by atoms with Gasteiger partial charge in [0, 0.05) is 5.69 Å². The minimum Gasteiger partial charge on any atom is -0.345 e. The number of hydrogen-bond donors (Lipinski definition) is 0. The van der Waals surface area contributed by atoms with Gasteiger partial charge < -0.3 is 9.47 Å². The lowest BCUT2D eigenvalue weighted by Crippen LogP contribution is -2.08.